The second-order valence-corrected chi connectivity index (χ2v) is 6.46. The van der Waals surface area contributed by atoms with Gasteiger partial charge in [-0.2, -0.15) is 0 Å². The number of nitrogens with zero attached hydrogens (tertiary/aromatic N) is 3. The molecule has 0 spiro atoms. The first kappa shape index (κ1) is 16.3. The first-order chi connectivity index (χ1) is 12.6. The minimum Gasteiger partial charge on any atom is -0.334 e. The number of aromatic nitrogens is 2. The molecule has 1 aromatic carbocycles. The highest BCUT2D eigenvalue weighted by Gasteiger charge is 2.24. The van der Waals surface area contributed by atoms with E-state index >= 15 is 0 Å². The number of hydrogen-bond donors (Lipinski definition) is 0. The van der Waals surface area contributed by atoms with Crippen LogP contribution in [0, 0.1) is 6.92 Å². The molecule has 3 heterocycles. The molecule has 0 saturated carbocycles. The van der Waals surface area contributed by atoms with Crippen LogP contribution in [-0.4, -0.2) is 26.7 Å². The van der Waals surface area contributed by atoms with E-state index in [-0.39, 0.29) is 11.5 Å². The third-order valence-electron chi connectivity index (χ3n) is 4.72. The first-order valence-electron chi connectivity index (χ1n) is 8.65. The van der Waals surface area contributed by atoms with Gasteiger partial charge in [0, 0.05) is 24.7 Å². The van der Waals surface area contributed by atoms with Gasteiger partial charge in [0.15, 0.2) is 0 Å². The Morgan fingerprint density at radius 2 is 1.92 bits per heavy atom. The smallest absolute Gasteiger partial charge is 0.263 e. The molecule has 3 aromatic rings. The quantitative estimate of drug-likeness (QED) is 0.671. The Labute approximate surface area is 151 Å². The summed E-state index contributed by atoms with van der Waals surface area (Å²) in [6, 6.07) is 15.3. The van der Waals surface area contributed by atoms with Gasteiger partial charge in [-0.25, -0.2) is 4.98 Å². The van der Waals surface area contributed by atoms with Crippen LogP contribution in [0.5, 0.6) is 0 Å². The van der Waals surface area contributed by atoms with E-state index in [4.69, 9.17) is 0 Å². The Morgan fingerprint density at radius 3 is 2.73 bits per heavy atom. The van der Waals surface area contributed by atoms with E-state index < -0.39 is 0 Å². The highest BCUT2D eigenvalue weighted by molar-refractivity contribution is 5.91. The van der Waals surface area contributed by atoms with Crippen molar-refractivity contribution < 1.29 is 4.79 Å². The largest absolute Gasteiger partial charge is 0.334 e. The highest BCUT2D eigenvalue weighted by Crippen LogP contribution is 2.16. The van der Waals surface area contributed by atoms with Gasteiger partial charge >= 0.3 is 0 Å². The van der Waals surface area contributed by atoms with Crippen molar-refractivity contribution in [1.82, 2.24) is 14.3 Å². The molecule has 26 heavy (non-hydrogen) atoms. The van der Waals surface area contributed by atoms with Gasteiger partial charge in [0.05, 0.1) is 17.8 Å². The van der Waals surface area contributed by atoms with Crippen LogP contribution in [0.15, 0.2) is 59.4 Å². The van der Waals surface area contributed by atoms with Gasteiger partial charge in [0.1, 0.15) is 5.65 Å². The van der Waals surface area contributed by atoms with E-state index in [0.717, 1.165) is 17.0 Å². The van der Waals surface area contributed by atoms with Gasteiger partial charge in [0.25, 0.3) is 5.56 Å². The Kier molecular flexibility index (Phi) is 4.13. The molecule has 0 unspecified atom stereocenters. The molecular weight excluding hydrogens is 326 g/mol. The zero-order valence-electron chi connectivity index (χ0n) is 14.6. The van der Waals surface area contributed by atoms with E-state index in [1.165, 1.54) is 0 Å². The lowest BCUT2D eigenvalue weighted by molar-refractivity contribution is -0.126. The number of hydrogen-bond acceptors (Lipinski definition) is 3. The summed E-state index contributed by atoms with van der Waals surface area (Å²) in [4.78, 5) is 31.8. The molecule has 5 heteroatoms. The molecule has 0 fully saturated rings. The van der Waals surface area contributed by atoms with Crippen molar-refractivity contribution in [3.8, 4) is 0 Å². The van der Waals surface area contributed by atoms with E-state index in [0.29, 0.717) is 30.7 Å². The molecule has 1 aliphatic heterocycles. The average Bonchev–Trinajstić information content (AvgIpc) is 2.67. The standard InChI is InChI=1S/C21H19N3O2/c1-15-6-5-9-19-22-18-12-13-23(14-17(18)21(26)24(15)19)20(25)11-10-16-7-3-2-4-8-16/h2-11H,12-14H2,1H3/b11-10+. The zero-order valence-corrected chi connectivity index (χ0v) is 14.6. The summed E-state index contributed by atoms with van der Waals surface area (Å²) in [7, 11) is 0. The summed E-state index contributed by atoms with van der Waals surface area (Å²) < 4.78 is 1.62. The second kappa shape index (κ2) is 6.59. The number of amides is 1. The number of carbonyl (C=O) groups is 1. The molecule has 0 atom stereocenters. The van der Waals surface area contributed by atoms with Crippen molar-refractivity contribution in [1.29, 1.82) is 0 Å². The van der Waals surface area contributed by atoms with Crippen molar-refractivity contribution in [2.45, 2.75) is 19.9 Å². The van der Waals surface area contributed by atoms with Crippen LogP contribution >= 0.6 is 0 Å². The van der Waals surface area contributed by atoms with Crippen LogP contribution in [0.3, 0.4) is 0 Å². The van der Waals surface area contributed by atoms with Crippen molar-refractivity contribution in [3.63, 3.8) is 0 Å². The van der Waals surface area contributed by atoms with Crippen molar-refractivity contribution in [2.24, 2.45) is 0 Å². The first-order valence-corrected chi connectivity index (χ1v) is 8.65. The molecule has 1 aliphatic rings. The predicted octanol–water partition coefficient (Wildman–Crippen LogP) is 2.60. The lowest BCUT2D eigenvalue weighted by Crippen LogP contribution is -2.39. The van der Waals surface area contributed by atoms with Gasteiger partial charge in [0.2, 0.25) is 5.91 Å². The fraction of sp³-hybridized carbons (Fsp3) is 0.190. The number of aryl methyl sites for hydroxylation is 1. The maximum absolute atomic E-state index is 12.9. The minimum atomic E-state index is -0.0891. The number of carbonyl (C=O) groups excluding carboxylic acids is 1. The fourth-order valence-electron chi connectivity index (χ4n) is 3.32. The van der Waals surface area contributed by atoms with Crippen LogP contribution < -0.4 is 5.56 Å². The van der Waals surface area contributed by atoms with Gasteiger partial charge in [-0.05, 0) is 30.7 Å². The van der Waals surface area contributed by atoms with E-state index in [9.17, 15) is 9.59 Å². The van der Waals surface area contributed by atoms with Crippen LogP contribution in [0.25, 0.3) is 11.7 Å². The maximum Gasteiger partial charge on any atom is 0.263 e. The van der Waals surface area contributed by atoms with Gasteiger partial charge < -0.3 is 4.90 Å². The Hall–Kier alpha value is -3.21. The average molecular weight is 345 g/mol. The zero-order chi connectivity index (χ0) is 18.1. The third kappa shape index (κ3) is 2.92. The molecular formula is C21H19N3O2. The van der Waals surface area contributed by atoms with Crippen molar-refractivity contribution in [3.05, 3.63) is 87.5 Å². The van der Waals surface area contributed by atoms with Gasteiger partial charge in [-0.3, -0.25) is 14.0 Å². The van der Waals surface area contributed by atoms with E-state index in [2.05, 4.69) is 4.98 Å². The maximum atomic E-state index is 12.9. The Bertz CT molecular complexity index is 1070. The van der Waals surface area contributed by atoms with Crippen molar-refractivity contribution in [2.75, 3.05) is 6.54 Å². The molecule has 0 aliphatic carbocycles. The number of fused-ring (bicyclic) bond motifs is 2. The van der Waals surface area contributed by atoms with Crippen molar-refractivity contribution >= 4 is 17.6 Å². The molecule has 1 amide bonds. The molecule has 0 radical (unpaired) electrons. The summed E-state index contributed by atoms with van der Waals surface area (Å²) in [5, 5.41) is 0. The highest BCUT2D eigenvalue weighted by atomic mass is 16.2. The summed E-state index contributed by atoms with van der Waals surface area (Å²) in [5.41, 5.74) is 3.82. The minimum absolute atomic E-state index is 0.0763. The lowest BCUT2D eigenvalue weighted by atomic mass is 10.1. The summed E-state index contributed by atoms with van der Waals surface area (Å²) >= 11 is 0. The Morgan fingerprint density at radius 1 is 1.12 bits per heavy atom. The van der Waals surface area contributed by atoms with Crippen LogP contribution in [0.1, 0.15) is 22.5 Å². The SMILES string of the molecule is Cc1cccc2nc3c(c(=O)n12)CN(C(=O)/C=C/c1ccccc1)CC3. The fourth-order valence-corrected chi connectivity index (χ4v) is 3.32. The molecule has 0 saturated heterocycles. The normalized spacial score (nSPS) is 14.0. The predicted molar refractivity (Wildman–Crippen MR) is 101 cm³/mol. The van der Waals surface area contributed by atoms with Gasteiger partial charge in [-0.1, -0.05) is 36.4 Å². The Balaban J connectivity index is 1.63. The number of pyridine rings is 1. The van der Waals surface area contributed by atoms with Crippen LogP contribution in [-0.2, 0) is 17.8 Å². The summed E-state index contributed by atoms with van der Waals surface area (Å²) in [5.74, 6) is -0.0891. The molecule has 2 aromatic heterocycles. The second-order valence-electron chi connectivity index (χ2n) is 6.46. The molecule has 130 valence electrons. The van der Waals surface area contributed by atoms with Crippen LogP contribution in [0.4, 0.5) is 0 Å². The van der Waals surface area contributed by atoms with Gasteiger partial charge in [-0.15, -0.1) is 0 Å². The number of rotatable bonds is 2. The molecule has 0 bridgehead atoms. The molecule has 0 N–H and O–H groups in total. The van der Waals surface area contributed by atoms with Crippen LogP contribution in [0.2, 0.25) is 0 Å². The topological polar surface area (TPSA) is 54.7 Å². The van der Waals surface area contributed by atoms with E-state index in [1.54, 1.807) is 21.5 Å². The van der Waals surface area contributed by atoms with E-state index in [1.807, 2.05) is 55.5 Å². The third-order valence-corrected chi connectivity index (χ3v) is 4.72. The molecule has 4 rings (SSSR count). The summed E-state index contributed by atoms with van der Waals surface area (Å²) in [6.45, 7) is 2.76. The monoisotopic (exact) mass is 345 g/mol. The lowest BCUT2D eigenvalue weighted by Gasteiger charge is -2.27. The molecule has 5 nitrogen and oxygen atoms in total. The summed E-state index contributed by atoms with van der Waals surface area (Å²) in [6.07, 6.45) is 3.96. The number of benzene rings is 1.